The lowest BCUT2D eigenvalue weighted by atomic mass is 10.2. The van der Waals surface area contributed by atoms with Crippen molar-refractivity contribution in [3.8, 4) is 5.75 Å². The Bertz CT molecular complexity index is 882. The maximum Gasteiger partial charge on any atom is 0.264 e. The van der Waals surface area contributed by atoms with Gasteiger partial charge in [0.15, 0.2) is 0 Å². The van der Waals surface area contributed by atoms with E-state index >= 15 is 0 Å². The Morgan fingerprint density at radius 1 is 1.14 bits per heavy atom. The number of nitrogens with zero attached hydrogens (tertiary/aromatic N) is 1. The van der Waals surface area contributed by atoms with Crippen LogP contribution in [0.3, 0.4) is 0 Å². The quantitative estimate of drug-likeness (QED) is 0.613. The van der Waals surface area contributed by atoms with E-state index in [4.69, 9.17) is 9.47 Å². The summed E-state index contributed by atoms with van der Waals surface area (Å²) in [6, 6.07) is 12.7. The average Bonchev–Trinajstić information content (AvgIpc) is 2.73. The molecule has 0 fully saturated rings. The van der Waals surface area contributed by atoms with E-state index in [2.05, 4.69) is 5.32 Å². The molecule has 2 aromatic carbocycles. The van der Waals surface area contributed by atoms with E-state index < -0.39 is 10.0 Å². The van der Waals surface area contributed by atoms with Crippen LogP contribution in [-0.4, -0.2) is 48.2 Å². The predicted molar refractivity (Wildman–Crippen MR) is 108 cm³/mol. The summed E-state index contributed by atoms with van der Waals surface area (Å²) < 4.78 is 37.2. The first-order chi connectivity index (χ1) is 13.4. The molecule has 1 amide bonds. The Balaban J connectivity index is 2.11. The summed E-state index contributed by atoms with van der Waals surface area (Å²) in [4.78, 5) is 12.4. The summed E-state index contributed by atoms with van der Waals surface area (Å²) in [5.74, 6) is 0.318. The summed E-state index contributed by atoms with van der Waals surface area (Å²) in [5, 5.41) is 2.81. The monoisotopic (exact) mass is 406 g/mol. The fourth-order valence-electron chi connectivity index (χ4n) is 2.51. The number of rotatable bonds is 10. The van der Waals surface area contributed by atoms with E-state index in [9.17, 15) is 13.2 Å². The van der Waals surface area contributed by atoms with Crippen molar-refractivity contribution in [3.63, 3.8) is 0 Å². The summed E-state index contributed by atoms with van der Waals surface area (Å²) in [6.45, 7) is 3.63. The van der Waals surface area contributed by atoms with Gasteiger partial charge in [0, 0.05) is 32.4 Å². The second-order valence-corrected chi connectivity index (χ2v) is 7.97. The smallest absolute Gasteiger partial charge is 0.264 e. The number of carbonyl (C=O) groups excluding carboxylic acids is 1. The third kappa shape index (κ3) is 5.46. The molecule has 1 N–H and O–H groups in total. The van der Waals surface area contributed by atoms with Gasteiger partial charge in [0.05, 0.1) is 17.7 Å². The molecule has 28 heavy (non-hydrogen) atoms. The maximum atomic E-state index is 12.9. The van der Waals surface area contributed by atoms with Crippen molar-refractivity contribution in [2.45, 2.75) is 18.2 Å². The Morgan fingerprint density at radius 2 is 1.86 bits per heavy atom. The lowest BCUT2D eigenvalue weighted by Crippen LogP contribution is -2.28. The van der Waals surface area contributed by atoms with Gasteiger partial charge < -0.3 is 14.8 Å². The molecule has 152 valence electrons. The first kappa shape index (κ1) is 21.7. The van der Waals surface area contributed by atoms with Crippen molar-refractivity contribution in [2.75, 3.05) is 38.2 Å². The number of sulfonamides is 1. The molecule has 0 saturated carbocycles. The number of anilines is 1. The number of nitrogens with one attached hydrogen (secondary N) is 1. The van der Waals surface area contributed by atoms with Crippen LogP contribution in [0.1, 0.15) is 23.7 Å². The largest absolute Gasteiger partial charge is 0.497 e. The summed E-state index contributed by atoms with van der Waals surface area (Å²) >= 11 is 0. The predicted octanol–water partition coefficient (Wildman–Crippen LogP) is 2.68. The van der Waals surface area contributed by atoms with Crippen LogP contribution in [0.4, 0.5) is 5.69 Å². The third-order valence-corrected chi connectivity index (χ3v) is 5.94. The van der Waals surface area contributed by atoms with Crippen LogP contribution in [0.2, 0.25) is 0 Å². The third-order valence-electron chi connectivity index (χ3n) is 4.14. The molecule has 0 aliphatic carbocycles. The average molecular weight is 407 g/mol. The molecule has 7 nitrogen and oxygen atoms in total. The summed E-state index contributed by atoms with van der Waals surface area (Å²) in [6.07, 6.45) is 0.713. The van der Waals surface area contributed by atoms with E-state index in [0.29, 0.717) is 43.2 Å². The van der Waals surface area contributed by atoms with Crippen molar-refractivity contribution in [1.82, 2.24) is 5.32 Å². The minimum Gasteiger partial charge on any atom is -0.497 e. The fourth-order valence-corrected chi connectivity index (χ4v) is 3.70. The molecule has 2 aromatic rings. The van der Waals surface area contributed by atoms with E-state index in [0.717, 1.165) is 4.31 Å². The van der Waals surface area contributed by atoms with Gasteiger partial charge in [0.1, 0.15) is 5.75 Å². The van der Waals surface area contributed by atoms with E-state index in [1.807, 2.05) is 6.92 Å². The van der Waals surface area contributed by atoms with Gasteiger partial charge in [-0.2, -0.15) is 0 Å². The Hall–Kier alpha value is -2.58. The number of hydrogen-bond donors (Lipinski definition) is 1. The second kappa shape index (κ2) is 10.1. The summed E-state index contributed by atoms with van der Waals surface area (Å²) in [7, 11) is -0.783. The van der Waals surface area contributed by atoms with Crippen LogP contribution in [0.15, 0.2) is 53.4 Å². The van der Waals surface area contributed by atoms with Crippen LogP contribution in [0.25, 0.3) is 0 Å². The standard InChI is InChI=1S/C20H26N2O5S/c1-4-27-14-6-13-21-20(23)16-7-5-8-17(15-16)22(2)28(24,25)19-11-9-18(26-3)10-12-19/h5,7-12,15H,4,6,13-14H2,1-3H3,(H,21,23). The Labute approximate surface area is 166 Å². The highest BCUT2D eigenvalue weighted by Crippen LogP contribution is 2.24. The van der Waals surface area contributed by atoms with Gasteiger partial charge in [-0.25, -0.2) is 8.42 Å². The zero-order valence-corrected chi connectivity index (χ0v) is 17.2. The first-order valence-electron chi connectivity index (χ1n) is 8.99. The molecule has 0 aliphatic heterocycles. The van der Waals surface area contributed by atoms with E-state index in [1.54, 1.807) is 36.4 Å². The highest BCUT2D eigenvalue weighted by atomic mass is 32.2. The Morgan fingerprint density at radius 3 is 2.50 bits per heavy atom. The number of amides is 1. The van der Waals surface area contributed by atoms with Crippen LogP contribution in [-0.2, 0) is 14.8 Å². The molecule has 0 aliphatic rings. The minimum atomic E-state index is -3.76. The van der Waals surface area contributed by atoms with Crippen LogP contribution >= 0.6 is 0 Å². The molecule has 0 saturated heterocycles. The van der Waals surface area contributed by atoms with Crippen molar-refractivity contribution in [2.24, 2.45) is 0 Å². The van der Waals surface area contributed by atoms with Crippen LogP contribution in [0.5, 0.6) is 5.75 Å². The Kier molecular flexibility index (Phi) is 7.83. The lowest BCUT2D eigenvalue weighted by molar-refractivity contribution is 0.0944. The van der Waals surface area contributed by atoms with Gasteiger partial charge in [-0.3, -0.25) is 9.10 Å². The van der Waals surface area contributed by atoms with Gasteiger partial charge in [-0.15, -0.1) is 0 Å². The molecule has 0 atom stereocenters. The van der Waals surface area contributed by atoms with Crippen molar-refractivity contribution < 1.29 is 22.7 Å². The highest BCUT2D eigenvalue weighted by molar-refractivity contribution is 7.92. The van der Waals surface area contributed by atoms with Crippen LogP contribution < -0.4 is 14.4 Å². The van der Waals surface area contributed by atoms with Crippen molar-refractivity contribution >= 4 is 21.6 Å². The SMILES string of the molecule is CCOCCCNC(=O)c1cccc(N(C)S(=O)(=O)c2ccc(OC)cc2)c1. The van der Waals surface area contributed by atoms with Crippen molar-refractivity contribution in [3.05, 3.63) is 54.1 Å². The van der Waals surface area contributed by atoms with Gasteiger partial charge in [0.25, 0.3) is 15.9 Å². The normalized spacial score (nSPS) is 11.1. The number of methoxy groups -OCH3 is 1. The summed E-state index contributed by atoms with van der Waals surface area (Å²) in [5.41, 5.74) is 0.795. The topological polar surface area (TPSA) is 84.9 Å². The number of hydrogen-bond acceptors (Lipinski definition) is 5. The van der Waals surface area contributed by atoms with E-state index in [1.165, 1.54) is 26.3 Å². The first-order valence-corrected chi connectivity index (χ1v) is 10.4. The molecule has 0 aromatic heterocycles. The number of carbonyl (C=O) groups is 1. The number of benzene rings is 2. The van der Waals surface area contributed by atoms with E-state index in [-0.39, 0.29) is 10.8 Å². The highest BCUT2D eigenvalue weighted by Gasteiger charge is 2.22. The van der Waals surface area contributed by atoms with Crippen molar-refractivity contribution in [1.29, 1.82) is 0 Å². The maximum absolute atomic E-state index is 12.9. The zero-order valence-electron chi connectivity index (χ0n) is 16.3. The van der Waals surface area contributed by atoms with Gasteiger partial charge in [-0.1, -0.05) is 6.07 Å². The fraction of sp³-hybridized carbons (Fsp3) is 0.350. The number of ether oxygens (including phenoxy) is 2. The molecule has 2 rings (SSSR count). The van der Waals surface area contributed by atoms with Gasteiger partial charge >= 0.3 is 0 Å². The zero-order chi connectivity index (χ0) is 20.6. The van der Waals surface area contributed by atoms with Crippen LogP contribution in [0, 0.1) is 0 Å². The molecule has 0 bridgehead atoms. The molecular weight excluding hydrogens is 380 g/mol. The molecular formula is C20H26N2O5S. The molecule has 8 heteroatoms. The van der Waals surface area contributed by atoms with Gasteiger partial charge in [-0.05, 0) is 55.8 Å². The molecule has 0 radical (unpaired) electrons. The molecule has 0 spiro atoms. The second-order valence-electron chi connectivity index (χ2n) is 6.00. The molecule has 0 heterocycles. The lowest BCUT2D eigenvalue weighted by Gasteiger charge is -2.20. The molecule has 0 unspecified atom stereocenters. The minimum absolute atomic E-state index is 0.140. The van der Waals surface area contributed by atoms with Gasteiger partial charge in [0.2, 0.25) is 0 Å².